The van der Waals surface area contributed by atoms with Gasteiger partial charge in [-0.25, -0.2) is 4.79 Å². The van der Waals surface area contributed by atoms with Gasteiger partial charge in [0.25, 0.3) is 0 Å². The van der Waals surface area contributed by atoms with E-state index in [1.807, 2.05) is 30.3 Å². The van der Waals surface area contributed by atoms with Crippen LogP contribution in [0.3, 0.4) is 0 Å². The van der Waals surface area contributed by atoms with Crippen LogP contribution < -0.4 is 0 Å². The molecular formula is C14H20O4. The summed E-state index contributed by atoms with van der Waals surface area (Å²) in [6, 6.07) is 9.43. The lowest BCUT2D eigenvalue weighted by atomic mass is 10.0. The van der Waals surface area contributed by atoms with E-state index < -0.39 is 11.8 Å². The van der Waals surface area contributed by atoms with E-state index in [2.05, 4.69) is 0 Å². The van der Waals surface area contributed by atoms with Crippen molar-refractivity contribution in [2.24, 2.45) is 0 Å². The van der Waals surface area contributed by atoms with Crippen LogP contribution in [0, 0.1) is 0 Å². The highest BCUT2D eigenvalue weighted by Gasteiger charge is 2.19. The Morgan fingerprint density at radius 1 is 1.28 bits per heavy atom. The Morgan fingerprint density at radius 2 is 1.89 bits per heavy atom. The van der Waals surface area contributed by atoms with Crippen molar-refractivity contribution in [3.8, 4) is 0 Å². The van der Waals surface area contributed by atoms with Crippen molar-refractivity contribution in [2.75, 3.05) is 13.2 Å². The highest BCUT2D eigenvalue weighted by Crippen LogP contribution is 2.16. The third-order valence-corrected chi connectivity index (χ3v) is 2.28. The Hall–Kier alpha value is -1.55. The summed E-state index contributed by atoms with van der Waals surface area (Å²) in [5.74, 6) is -0.223. The highest BCUT2D eigenvalue weighted by molar-refractivity contribution is 5.60. The molecule has 0 radical (unpaired) electrons. The van der Waals surface area contributed by atoms with E-state index in [0.29, 0.717) is 0 Å². The van der Waals surface area contributed by atoms with Gasteiger partial charge in [0.2, 0.25) is 0 Å². The van der Waals surface area contributed by atoms with Crippen LogP contribution in [-0.2, 0) is 9.47 Å². The Labute approximate surface area is 108 Å². The molecule has 0 aromatic heterocycles. The molecule has 0 aliphatic carbocycles. The smallest absolute Gasteiger partial charge is 0.434 e. The number of ether oxygens (including phenoxy) is 2. The molecule has 18 heavy (non-hydrogen) atoms. The quantitative estimate of drug-likeness (QED) is 0.837. The van der Waals surface area contributed by atoms with E-state index in [1.54, 1.807) is 20.8 Å². The number of benzene rings is 1. The molecule has 1 unspecified atom stereocenters. The molecule has 0 amide bonds. The molecule has 0 fully saturated rings. The topological polar surface area (TPSA) is 55.8 Å². The zero-order chi connectivity index (χ0) is 13.6. The average molecular weight is 252 g/mol. The number of rotatable bonds is 4. The second-order valence-corrected chi connectivity index (χ2v) is 5.07. The van der Waals surface area contributed by atoms with Crippen molar-refractivity contribution in [1.29, 1.82) is 0 Å². The third kappa shape index (κ3) is 5.19. The maximum Gasteiger partial charge on any atom is 0.508 e. The van der Waals surface area contributed by atoms with E-state index in [1.165, 1.54) is 0 Å². The van der Waals surface area contributed by atoms with Crippen molar-refractivity contribution in [3.63, 3.8) is 0 Å². The molecule has 1 N–H and O–H groups in total. The first-order valence-corrected chi connectivity index (χ1v) is 5.94. The molecule has 1 aromatic carbocycles. The number of aliphatic hydroxyl groups is 1. The first kappa shape index (κ1) is 14.5. The van der Waals surface area contributed by atoms with Gasteiger partial charge in [-0.1, -0.05) is 30.3 Å². The van der Waals surface area contributed by atoms with Crippen LogP contribution in [0.15, 0.2) is 30.3 Å². The summed E-state index contributed by atoms with van der Waals surface area (Å²) >= 11 is 0. The fourth-order valence-electron chi connectivity index (χ4n) is 1.43. The largest absolute Gasteiger partial charge is 0.508 e. The third-order valence-electron chi connectivity index (χ3n) is 2.28. The van der Waals surface area contributed by atoms with Gasteiger partial charge in [-0.2, -0.15) is 0 Å². The number of hydrogen-bond acceptors (Lipinski definition) is 4. The number of aliphatic hydroxyl groups excluding tert-OH is 1. The molecule has 0 spiro atoms. The maximum absolute atomic E-state index is 11.4. The van der Waals surface area contributed by atoms with E-state index >= 15 is 0 Å². The molecule has 0 aliphatic heterocycles. The minimum absolute atomic E-state index is 0.0766. The van der Waals surface area contributed by atoms with Gasteiger partial charge in [0, 0.05) is 5.92 Å². The average Bonchev–Trinajstić information content (AvgIpc) is 2.29. The molecule has 1 aromatic rings. The van der Waals surface area contributed by atoms with Crippen molar-refractivity contribution < 1.29 is 19.4 Å². The first-order chi connectivity index (χ1) is 8.42. The molecule has 100 valence electrons. The minimum Gasteiger partial charge on any atom is -0.434 e. The molecule has 4 heteroatoms. The summed E-state index contributed by atoms with van der Waals surface area (Å²) in [5.41, 5.74) is 0.363. The highest BCUT2D eigenvalue weighted by atomic mass is 16.7. The Morgan fingerprint density at radius 3 is 2.39 bits per heavy atom. The van der Waals surface area contributed by atoms with Gasteiger partial charge >= 0.3 is 6.16 Å². The normalized spacial score (nSPS) is 12.9. The monoisotopic (exact) mass is 252 g/mol. The number of hydrogen-bond donors (Lipinski definition) is 1. The van der Waals surface area contributed by atoms with Crippen molar-refractivity contribution >= 4 is 6.16 Å². The van der Waals surface area contributed by atoms with Crippen LogP contribution >= 0.6 is 0 Å². The summed E-state index contributed by atoms with van der Waals surface area (Å²) < 4.78 is 10.0. The second kappa shape index (κ2) is 6.40. The van der Waals surface area contributed by atoms with Gasteiger partial charge < -0.3 is 14.6 Å². The SMILES string of the molecule is CC(C)(C)OC(=O)OCC(CO)c1ccccc1. The number of carbonyl (C=O) groups excluding carboxylic acids is 1. The van der Waals surface area contributed by atoms with Crippen molar-refractivity contribution in [2.45, 2.75) is 32.3 Å². The van der Waals surface area contributed by atoms with Crippen LogP contribution in [0.1, 0.15) is 32.3 Å². The molecule has 0 saturated heterocycles. The van der Waals surface area contributed by atoms with Gasteiger partial charge in [-0.15, -0.1) is 0 Å². The van der Waals surface area contributed by atoms with E-state index in [9.17, 15) is 9.90 Å². The molecular weight excluding hydrogens is 232 g/mol. The zero-order valence-electron chi connectivity index (χ0n) is 11.1. The maximum atomic E-state index is 11.4. The summed E-state index contributed by atoms with van der Waals surface area (Å²) in [5, 5.41) is 9.29. The second-order valence-electron chi connectivity index (χ2n) is 5.07. The molecule has 1 rings (SSSR count). The van der Waals surface area contributed by atoms with Gasteiger partial charge in [0.15, 0.2) is 0 Å². The zero-order valence-corrected chi connectivity index (χ0v) is 11.1. The Bertz CT molecular complexity index is 367. The number of carbonyl (C=O) groups is 1. The standard InChI is InChI=1S/C14H20O4/c1-14(2,3)18-13(16)17-10-12(9-15)11-7-5-4-6-8-11/h4-8,12,15H,9-10H2,1-3H3. The lowest BCUT2D eigenvalue weighted by Gasteiger charge is -2.20. The molecule has 0 bridgehead atoms. The Kier molecular flexibility index (Phi) is 5.16. The fourth-order valence-corrected chi connectivity index (χ4v) is 1.43. The van der Waals surface area contributed by atoms with Crippen LogP contribution in [0.5, 0.6) is 0 Å². The lowest BCUT2D eigenvalue weighted by molar-refractivity contribution is -0.0114. The molecule has 0 heterocycles. The summed E-state index contributed by atoms with van der Waals surface area (Å²) in [6.45, 7) is 5.35. The summed E-state index contributed by atoms with van der Waals surface area (Å²) in [4.78, 5) is 11.4. The summed E-state index contributed by atoms with van der Waals surface area (Å²) in [7, 11) is 0. The minimum atomic E-state index is -0.711. The molecule has 1 atom stereocenters. The summed E-state index contributed by atoms with van der Waals surface area (Å²) in [6.07, 6.45) is -0.711. The van der Waals surface area contributed by atoms with Gasteiger partial charge in [-0.3, -0.25) is 0 Å². The van der Waals surface area contributed by atoms with Crippen LogP contribution in [-0.4, -0.2) is 30.1 Å². The van der Waals surface area contributed by atoms with Crippen molar-refractivity contribution in [3.05, 3.63) is 35.9 Å². The van der Waals surface area contributed by atoms with E-state index in [4.69, 9.17) is 9.47 Å². The molecule has 4 nitrogen and oxygen atoms in total. The first-order valence-electron chi connectivity index (χ1n) is 5.94. The molecule has 0 saturated carbocycles. The fraction of sp³-hybridized carbons (Fsp3) is 0.500. The van der Waals surface area contributed by atoms with Gasteiger partial charge in [-0.05, 0) is 26.3 Å². The van der Waals surface area contributed by atoms with Gasteiger partial charge in [0.1, 0.15) is 12.2 Å². The predicted octanol–water partition coefficient (Wildman–Crippen LogP) is 2.71. The lowest BCUT2D eigenvalue weighted by Crippen LogP contribution is -2.26. The predicted molar refractivity (Wildman–Crippen MR) is 68.5 cm³/mol. The van der Waals surface area contributed by atoms with Crippen LogP contribution in [0.4, 0.5) is 4.79 Å². The van der Waals surface area contributed by atoms with Crippen LogP contribution in [0.2, 0.25) is 0 Å². The van der Waals surface area contributed by atoms with Crippen molar-refractivity contribution in [1.82, 2.24) is 0 Å². The van der Waals surface area contributed by atoms with E-state index in [-0.39, 0.29) is 19.1 Å². The Balaban J connectivity index is 2.48. The van der Waals surface area contributed by atoms with Gasteiger partial charge in [0.05, 0.1) is 6.61 Å². The van der Waals surface area contributed by atoms with Crippen LogP contribution in [0.25, 0.3) is 0 Å². The molecule has 0 aliphatic rings. The van der Waals surface area contributed by atoms with E-state index in [0.717, 1.165) is 5.56 Å².